The van der Waals surface area contributed by atoms with E-state index in [4.69, 9.17) is 4.74 Å². The number of hydrogen-bond donors (Lipinski definition) is 1. The van der Waals surface area contributed by atoms with E-state index in [0.29, 0.717) is 17.5 Å². The van der Waals surface area contributed by atoms with Gasteiger partial charge in [-0.2, -0.15) is 0 Å². The lowest BCUT2D eigenvalue weighted by molar-refractivity contribution is 0.288. The molecule has 0 aliphatic rings. The van der Waals surface area contributed by atoms with E-state index in [1.165, 1.54) is 4.57 Å². The molecule has 1 aromatic carbocycles. The van der Waals surface area contributed by atoms with Crippen molar-refractivity contribution in [2.45, 2.75) is 19.8 Å². The van der Waals surface area contributed by atoms with Crippen LogP contribution < -0.4 is 10.3 Å². The highest BCUT2D eigenvalue weighted by atomic mass is 16.5. The molecule has 0 atom stereocenters. The minimum atomic E-state index is -0.303. The van der Waals surface area contributed by atoms with Crippen molar-refractivity contribution in [2.75, 3.05) is 6.61 Å². The SMILES string of the molecule is CCCCOc1c(O)c2ccccc2n(C)c1=O. The summed E-state index contributed by atoms with van der Waals surface area (Å²) in [7, 11) is 1.68. The number of ether oxygens (including phenoxy) is 1. The number of pyridine rings is 1. The normalized spacial score (nSPS) is 10.8. The topological polar surface area (TPSA) is 51.5 Å². The van der Waals surface area contributed by atoms with Gasteiger partial charge in [0.05, 0.1) is 12.1 Å². The van der Waals surface area contributed by atoms with Crippen molar-refractivity contribution in [3.63, 3.8) is 0 Å². The first kappa shape index (κ1) is 12.5. The van der Waals surface area contributed by atoms with Crippen molar-refractivity contribution < 1.29 is 9.84 Å². The van der Waals surface area contributed by atoms with Gasteiger partial charge in [-0.3, -0.25) is 4.79 Å². The van der Waals surface area contributed by atoms with Gasteiger partial charge in [-0.05, 0) is 18.6 Å². The van der Waals surface area contributed by atoms with E-state index in [-0.39, 0.29) is 17.1 Å². The average Bonchev–Trinajstić information content (AvgIpc) is 2.40. The molecule has 0 fully saturated rings. The van der Waals surface area contributed by atoms with Gasteiger partial charge in [0.1, 0.15) is 0 Å². The third kappa shape index (κ3) is 2.06. The van der Waals surface area contributed by atoms with Gasteiger partial charge < -0.3 is 14.4 Å². The molecule has 1 aromatic heterocycles. The molecule has 4 heteroatoms. The molecule has 0 bridgehead atoms. The van der Waals surface area contributed by atoms with Crippen LogP contribution in [0, 0.1) is 0 Å². The Morgan fingerprint density at radius 3 is 2.78 bits per heavy atom. The lowest BCUT2D eigenvalue weighted by Crippen LogP contribution is -2.20. The molecule has 0 radical (unpaired) electrons. The summed E-state index contributed by atoms with van der Waals surface area (Å²) in [6.07, 6.45) is 1.84. The maximum Gasteiger partial charge on any atom is 0.297 e. The second-order valence-corrected chi connectivity index (χ2v) is 4.26. The Morgan fingerprint density at radius 2 is 2.06 bits per heavy atom. The second-order valence-electron chi connectivity index (χ2n) is 4.26. The van der Waals surface area contributed by atoms with E-state index in [9.17, 15) is 9.90 Å². The van der Waals surface area contributed by atoms with E-state index in [1.807, 2.05) is 19.1 Å². The lowest BCUT2D eigenvalue weighted by atomic mass is 10.2. The number of hydrogen-bond acceptors (Lipinski definition) is 3. The molecule has 1 heterocycles. The van der Waals surface area contributed by atoms with Gasteiger partial charge in [-0.25, -0.2) is 0 Å². The Morgan fingerprint density at radius 1 is 1.33 bits per heavy atom. The number of aryl methyl sites for hydroxylation is 1. The summed E-state index contributed by atoms with van der Waals surface area (Å²) in [5.74, 6) is -0.0190. The zero-order valence-electron chi connectivity index (χ0n) is 10.6. The Labute approximate surface area is 105 Å². The number of unbranched alkanes of at least 4 members (excludes halogenated alkanes) is 1. The molecule has 2 aromatic rings. The minimum Gasteiger partial charge on any atom is -0.504 e. The highest BCUT2D eigenvalue weighted by Crippen LogP contribution is 2.30. The molecule has 0 aliphatic heterocycles. The van der Waals surface area contributed by atoms with E-state index < -0.39 is 0 Å². The zero-order valence-corrected chi connectivity index (χ0v) is 10.6. The maximum atomic E-state index is 12.1. The van der Waals surface area contributed by atoms with Crippen molar-refractivity contribution in [1.82, 2.24) is 4.57 Å². The Hall–Kier alpha value is -1.97. The molecule has 0 aliphatic carbocycles. The fourth-order valence-corrected chi connectivity index (χ4v) is 1.90. The largest absolute Gasteiger partial charge is 0.504 e. The van der Waals surface area contributed by atoms with Crippen LogP contribution in [0.3, 0.4) is 0 Å². The third-order valence-corrected chi connectivity index (χ3v) is 2.98. The summed E-state index contributed by atoms with van der Waals surface area (Å²) < 4.78 is 6.91. The van der Waals surface area contributed by atoms with Gasteiger partial charge in [0.25, 0.3) is 5.56 Å². The summed E-state index contributed by atoms with van der Waals surface area (Å²) in [6.45, 7) is 2.49. The van der Waals surface area contributed by atoms with Crippen LogP contribution in [0.5, 0.6) is 11.5 Å². The number of fused-ring (bicyclic) bond motifs is 1. The highest BCUT2D eigenvalue weighted by Gasteiger charge is 2.15. The van der Waals surface area contributed by atoms with E-state index in [2.05, 4.69) is 0 Å². The molecule has 96 valence electrons. The lowest BCUT2D eigenvalue weighted by Gasteiger charge is -2.12. The van der Waals surface area contributed by atoms with Crippen molar-refractivity contribution in [1.29, 1.82) is 0 Å². The first-order valence-electron chi connectivity index (χ1n) is 6.10. The predicted molar refractivity (Wildman–Crippen MR) is 71.3 cm³/mol. The third-order valence-electron chi connectivity index (χ3n) is 2.98. The van der Waals surface area contributed by atoms with Crippen LogP contribution in [-0.4, -0.2) is 16.3 Å². The standard InChI is InChI=1S/C14H17NO3/c1-3-4-9-18-13-12(16)10-7-5-6-8-11(10)15(2)14(13)17/h5-8,16H,3-4,9H2,1-2H3. The van der Waals surface area contributed by atoms with Crippen molar-refractivity contribution in [3.8, 4) is 11.5 Å². The maximum absolute atomic E-state index is 12.1. The van der Waals surface area contributed by atoms with Crippen LogP contribution >= 0.6 is 0 Å². The van der Waals surface area contributed by atoms with E-state index in [0.717, 1.165) is 12.8 Å². The van der Waals surface area contributed by atoms with E-state index in [1.54, 1.807) is 19.2 Å². The number of nitrogens with zero attached hydrogens (tertiary/aromatic N) is 1. The molecule has 0 spiro atoms. The molecule has 18 heavy (non-hydrogen) atoms. The van der Waals surface area contributed by atoms with Crippen LogP contribution in [0.15, 0.2) is 29.1 Å². The molecule has 0 saturated heterocycles. The number of aromatic nitrogens is 1. The summed E-state index contributed by atoms with van der Waals surface area (Å²) in [4.78, 5) is 12.1. The number of benzene rings is 1. The summed E-state index contributed by atoms with van der Waals surface area (Å²) in [6, 6.07) is 7.23. The predicted octanol–water partition coefficient (Wildman–Crippen LogP) is 2.42. The summed E-state index contributed by atoms with van der Waals surface area (Å²) >= 11 is 0. The molecule has 1 N–H and O–H groups in total. The fraction of sp³-hybridized carbons (Fsp3) is 0.357. The van der Waals surface area contributed by atoms with Crippen molar-refractivity contribution in [2.24, 2.45) is 7.05 Å². The monoisotopic (exact) mass is 247 g/mol. The Kier molecular flexibility index (Phi) is 3.55. The smallest absolute Gasteiger partial charge is 0.297 e. The number of rotatable bonds is 4. The molecule has 4 nitrogen and oxygen atoms in total. The van der Waals surface area contributed by atoms with Gasteiger partial charge in [-0.1, -0.05) is 25.5 Å². The fourth-order valence-electron chi connectivity index (χ4n) is 1.90. The van der Waals surface area contributed by atoms with Gasteiger partial charge >= 0.3 is 0 Å². The molecular formula is C14H17NO3. The van der Waals surface area contributed by atoms with Gasteiger partial charge in [0.2, 0.25) is 5.75 Å². The van der Waals surface area contributed by atoms with E-state index >= 15 is 0 Å². The minimum absolute atomic E-state index is 0.0460. The zero-order chi connectivity index (χ0) is 13.1. The van der Waals surface area contributed by atoms with Gasteiger partial charge in [0.15, 0.2) is 5.75 Å². The number of aromatic hydroxyl groups is 1. The molecule has 0 unspecified atom stereocenters. The van der Waals surface area contributed by atoms with Crippen LogP contribution in [0.2, 0.25) is 0 Å². The number of para-hydroxylation sites is 1. The Balaban J connectivity index is 2.56. The summed E-state index contributed by atoms with van der Waals surface area (Å²) in [5, 5.41) is 10.7. The molecule has 2 rings (SSSR count). The van der Waals surface area contributed by atoms with Crippen LogP contribution in [0.25, 0.3) is 10.9 Å². The van der Waals surface area contributed by atoms with Gasteiger partial charge in [-0.15, -0.1) is 0 Å². The quantitative estimate of drug-likeness (QED) is 0.844. The second kappa shape index (κ2) is 5.12. The van der Waals surface area contributed by atoms with Crippen molar-refractivity contribution in [3.05, 3.63) is 34.6 Å². The average molecular weight is 247 g/mol. The Bertz CT molecular complexity index is 616. The highest BCUT2D eigenvalue weighted by molar-refractivity contribution is 5.87. The summed E-state index contributed by atoms with van der Waals surface area (Å²) in [5.41, 5.74) is 0.394. The molecule has 0 amide bonds. The molecule has 0 saturated carbocycles. The van der Waals surface area contributed by atoms with Crippen LogP contribution in [0.1, 0.15) is 19.8 Å². The van der Waals surface area contributed by atoms with Crippen molar-refractivity contribution >= 4 is 10.9 Å². The first-order chi connectivity index (χ1) is 8.66. The van der Waals surface area contributed by atoms with Crippen LogP contribution in [-0.2, 0) is 7.05 Å². The van der Waals surface area contributed by atoms with Crippen LogP contribution in [0.4, 0.5) is 0 Å². The van der Waals surface area contributed by atoms with Gasteiger partial charge in [0, 0.05) is 12.4 Å². The molecular weight excluding hydrogens is 230 g/mol. The first-order valence-corrected chi connectivity index (χ1v) is 6.10.